The zero-order valence-electron chi connectivity index (χ0n) is 15.8. The molecule has 27 heavy (non-hydrogen) atoms. The SMILES string of the molecule is COc1cccc(CN2CCCN(C(=O)c3ccccc3Cl)CC2)c1OC. The summed E-state index contributed by atoms with van der Waals surface area (Å²) in [6, 6.07) is 13.2. The number of ether oxygens (including phenoxy) is 2. The number of benzene rings is 2. The smallest absolute Gasteiger partial charge is 0.255 e. The Morgan fingerprint density at radius 1 is 1.00 bits per heavy atom. The monoisotopic (exact) mass is 388 g/mol. The lowest BCUT2D eigenvalue weighted by Gasteiger charge is -2.23. The number of amides is 1. The van der Waals surface area contributed by atoms with Gasteiger partial charge in [0.2, 0.25) is 0 Å². The predicted molar refractivity (Wildman–Crippen MR) is 107 cm³/mol. The molecule has 0 atom stereocenters. The highest BCUT2D eigenvalue weighted by atomic mass is 35.5. The van der Waals surface area contributed by atoms with E-state index < -0.39 is 0 Å². The van der Waals surface area contributed by atoms with Crippen molar-refractivity contribution in [2.75, 3.05) is 40.4 Å². The highest BCUT2D eigenvalue weighted by Gasteiger charge is 2.22. The number of hydrogen-bond donors (Lipinski definition) is 0. The molecule has 3 rings (SSSR count). The van der Waals surface area contributed by atoms with Crippen LogP contribution in [0, 0.1) is 0 Å². The van der Waals surface area contributed by atoms with Crippen LogP contribution in [-0.2, 0) is 6.54 Å². The normalized spacial score (nSPS) is 15.3. The van der Waals surface area contributed by atoms with Gasteiger partial charge in [0.05, 0.1) is 24.8 Å². The lowest BCUT2D eigenvalue weighted by molar-refractivity contribution is 0.0761. The topological polar surface area (TPSA) is 42.0 Å². The lowest BCUT2D eigenvalue weighted by Crippen LogP contribution is -2.35. The molecule has 6 heteroatoms. The van der Waals surface area contributed by atoms with Gasteiger partial charge in [0.1, 0.15) is 0 Å². The van der Waals surface area contributed by atoms with Crippen LogP contribution in [0.3, 0.4) is 0 Å². The minimum absolute atomic E-state index is 0.00131. The quantitative estimate of drug-likeness (QED) is 0.783. The van der Waals surface area contributed by atoms with E-state index in [2.05, 4.69) is 11.0 Å². The summed E-state index contributed by atoms with van der Waals surface area (Å²) < 4.78 is 10.9. The second-order valence-corrected chi connectivity index (χ2v) is 6.96. The first-order chi connectivity index (χ1) is 13.1. The Morgan fingerprint density at radius 3 is 2.56 bits per heavy atom. The van der Waals surface area contributed by atoms with E-state index >= 15 is 0 Å². The molecule has 0 unspecified atom stereocenters. The molecule has 1 fully saturated rings. The Hall–Kier alpha value is -2.24. The van der Waals surface area contributed by atoms with Crippen molar-refractivity contribution in [3.8, 4) is 11.5 Å². The molecule has 1 heterocycles. The number of para-hydroxylation sites is 1. The van der Waals surface area contributed by atoms with Crippen LogP contribution in [0.1, 0.15) is 22.3 Å². The molecule has 0 aromatic heterocycles. The van der Waals surface area contributed by atoms with Gasteiger partial charge < -0.3 is 14.4 Å². The maximum atomic E-state index is 12.8. The van der Waals surface area contributed by atoms with Crippen LogP contribution < -0.4 is 9.47 Å². The van der Waals surface area contributed by atoms with Crippen LogP contribution >= 0.6 is 11.6 Å². The predicted octanol–water partition coefficient (Wildman–Crippen LogP) is 3.71. The van der Waals surface area contributed by atoms with Gasteiger partial charge >= 0.3 is 0 Å². The summed E-state index contributed by atoms with van der Waals surface area (Å²) in [4.78, 5) is 17.0. The van der Waals surface area contributed by atoms with Crippen molar-refractivity contribution in [1.82, 2.24) is 9.80 Å². The van der Waals surface area contributed by atoms with E-state index in [1.807, 2.05) is 29.2 Å². The minimum atomic E-state index is 0.00131. The van der Waals surface area contributed by atoms with Crippen LogP contribution in [0.15, 0.2) is 42.5 Å². The number of methoxy groups -OCH3 is 2. The molecule has 2 aromatic carbocycles. The molecule has 1 aliphatic heterocycles. The molecule has 0 bridgehead atoms. The first-order valence-electron chi connectivity index (χ1n) is 9.10. The van der Waals surface area contributed by atoms with Gasteiger partial charge in [-0.2, -0.15) is 0 Å². The third kappa shape index (κ3) is 4.54. The molecular weight excluding hydrogens is 364 g/mol. The summed E-state index contributed by atoms with van der Waals surface area (Å²) in [7, 11) is 3.31. The average Bonchev–Trinajstić information content (AvgIpc) is 2.93. The van der Waals surface area contributed by atoms with E-state index in [0.29, 0.717) is 17.1 Å². The van der Waals surface area contributed by atoms with Crippen LogP contribution in [0.5, 0.6) is 11.5 Å². The Morgan fingerprint density at radius 2 is 1.81 bits per heavy atom. The molecule has 5 nitrogen and oxygen atoms in total. The molecular formula is C21H25ClN2O3. The van der Waals surface area contributed by atoms with E-state index in [4.69, 9.17) is 21.1 Å². The second kappa shape index (κ2) is 9.11. The number of hydrogen-bond acceptors (Lipinski definition) is 4. The molecule has 1 saturated heterocycles. The molecule has 2 aromatic rings. The first-order valence-corrected chi connectivity index (χ1v) is 9.48. The van der Waals surface area contributed by atoms with Gasteiger partial charge in [-0.3, -0.25) is 9.69 Å². The maximum absolute atomic E-state index is 12.8. The van der Waals surface area contributed by atoms with E-state index in [-0.39, 0.29) is 5.91 Å². The van der Waals surface area contributed by atoms with Gasteiger partial charge in [-0.1, -0.05) is 35.9 Å². The molecule has 0 aliphatic carbocycles. The van der Waals surface area contributed by atoms with Crippen LogP contribution in [-0.4, -0.2) is 56.1 Å². The van der Waals surface area contributed by atoms with Gasteiger partial charge in [-0.15, -0.1) is 0 Å². The van der Waals surface area contributed by atoms with Crippen molar-refractivity contribution < 1.29 is 14.3 Å². The van der Waals surface area contributed by atoms with Gasteiger partial charge in [0.15, 0.2) is 11.5 Å². The maximum Gasteiger partial charge on any atom is 0.255 e. The van der Waals surface area contributed by atoms with Crippen molar-refractivity contribution in [1.29, 1.82) is 0 Å². The van der Waals surface area contributed by atoms with E-state index in [1.54, 1.807) is 26.4 Å². The molecule has 0 spiro atoms. The van der Waals surface area contributed by atoms with Crippen molar-refractivity contribution in [2.24, 2.45) is 0 Å². The number of nitrogens with zero attached hydrogens (tertiary/aromatic N) is 2. The third-order valence-corrected chi connectivity index (χ3v) is 5.19. The Balaban J connectivity index is 1.67. The standard InChI is InChI=1S/C21H25ClN2O3/c1-26-19-10-5-7-16(20(19)27-2)15-23-11-6-12-24(14-13-23)21(25)17-8-3-4-9-18(17)22/h3-5,7-10H,6,11-15H2,1-2H3. The Labute approximate surface area is 165 Å². The molecule has 1 aliphatic rings. The van der Waals surface area contributed by atoms with Crippen LogP contribution in [0.25, 0.3) is 0 Å². The van der Waals surface area contributed by atoms with Crippen LogP contribution in [0.4, 0.5) is 0 Å². The summed E-state index contributed by atoms with van der Waals surface area (Å²) in [5.74, 6) is 1.51. The summed E-state index contributed by atoms with van der Waals surface area (Å²) >= 11 is 6.19. The van der Waals surface area contributed by atoms with Crippen molar-refractivity contribution in [3.05, 3.63) is 58.6 Å². The summed E-state index contributed by atoms with van der Waals surface area (Å²) in [6.45, 7) is 3.89. The zero-order chi connectivity index (χ0) is 19.2. The number of halogens is 1. The summed E-state index contributed by atoms with van der Waals surface area (Å²) in [6.07, 6.45) is 0.919. The van der Waals surface area contributed by atoms with Gasteiger partial charge in [-0.25, -0.2) is 0 Å². The number of carbonyl (C=O) groups is 1. The highest BCUT2D eigenvalue weighted by Crippen LogP contribution is 2.31. The summed E-state index contributed by atoms with van der Waals surface area (Å²) in [5.41, 5.74) is 1.66. The molecule has 1 amide bonds. The Bertz CT molecular complexity index is 797. The highest BCUT2D eigenvalue weighted by molar-refractivity contribution is 6.33. The molecule has 144 valence electrons. The fraction of sp³-hybridized carbons (Fsp3) is 0.381. The lowest BCUT2D eigenvalue weighted by atomic mass is 10.1. The van der Waals surface area contributed by atoms with E-state index in [1.165, 1.54) is 0 Å². The van der Waals surface area contributed by atoms with Gasteiger partial charge in [0, 0.05) is 38.3 Å². The first kappa shape index (κ1) is 19.5. The largest absolute Gasteiger partial charge is 0.493 e. The van der Waals surface area contributed by atoms with Crippen molar-refractivity contribution in [3.63, 3.8) is 0 Å². The second-order valence-electron chi connectivity index (χ2n) is 6.55. The van der Waals surface area contributed by atoms with E-state index in [0.717, 1.165) is 49.7 Å². The molecule has 0 radical (unpaired) electrons. The molecule has 0 N–H and O–H groups in total. The average molecular weight is 389 g/mol. The fourth-order valence-corrected chi connectivity index (χ4v) is 3.67. The third-order valence-electron chi connectivity index (χ3n) is 4.86. The van der Waals surface area contributed by atoms with Crippen molar-refractivity contribution >= 4 is 17.5 Å². The number of rotatable bonds is 5. The van der Waals surface area contributed by atoms with Gasteiger partial charge in [-0.05, 0) is 24.6 Å². The molecule has 0 saturated carbocycles. The van der Waals surface area contributed by atoms with Crippen LogP contribution in [0.2, 0.25) is 5.02 Å². The number of carbonyl (C=O) groups excluding carboxylic acids is 1. The minimum Gasteiger partial charge on any atom is -0.493 e. The summed E-state index contributed by atoms with van der Waals surface area (Å²) in [5, 5.41) is 0.504. The fourth-order valence-electron chi connectivity index (χ4n) is 3.46. The zero-order valence-corrected chi connectivity index (χ0v) is 16.5. The van der Waals surface area contributed by atoms with Crippen molar-refractivity contribution in [2.45, 2.75) is 13.0 Å². The van der Waals surface area contributed by atoms with Gasteiger partial charge in [0.25, 0.3) is 5.91 Å². The Kier molecular flexibility index (Phi) is 6.58. The van der Waals surface area contributed by atoms with E-state index in [9.17, 15) is 4.79 Å².